The zero-order valence-electron chi connectivity index (χ0n) is 15.4. The molecule has 1 saturated heterocycles. The Hall–Kier alpha value is -2.58. The van der Waals surface area contributed by atoms with Crippen LogP contribution in [0, 0.1) is 0 Å². The Bertz CT molecular complexity index is 980. The van der Waals surface area contributed by atoms with Gasteiger partial charge >= 0.3 is 0 Å². The molecule has 0 spiro atoms. The Morgan fingerprint density at radius 3 is 2.61 bits per heavy atom. The molecule has 2 heterocycles. The highest BCUT2D eigenvalue weighted by atomic mass is 79.9. The molecule has 0 atom stereocenters. The molecular weight excluding hydrogens is 422 g/mol. The van der Waals surface area contributed by atoms with Crippen molar-refractivity contribution in [2.45, 2.75) is 18.3 Å². The van der Waals surface area contributed by atoms with Crippen LogP contribution < -0.4 is 5.32 Å². The molecule has 0 bridgehead atoms. The fourth-order valence-corrected chi connectivity index (χ4v) is 3.86. The molecule has 1 aromatic heterocycles. The van der Waals surface area contributed by atoms with Crippen LogP contribution in [0.4, 0.5) is 5.69 Å². The highest BCUT2D eigenvalue weighted by molar-refractivity contribution is 9.10. The molecule has 8 heteroatoms. The van der Waals surface area contributed by atoms with Crippen LogP contribution in [0.25, 0.3) is 11.4 Å². The first kappa shape index (κ1) is 18.8. The lowest BCUT2D eigenvalue weighted by atomic mass is 9.73. The Balaban J connectivity index is 1.64. The maximum Gasteiger partial charge on any atom is 0.235 e. The number of hydrogen-bond acceptors (Lipinski definition) is 5. The molecule has 144 valence electrons. The van der Waals surface area contributed by atoms with E-state index in [1.54, 1.807) is 11.7 Å². The van der Waals surface area contributed by atoms with Crippen LogP contribution >= 0.6 is 15.9 Å². The van der Waals surface area contributed by atoms with Gasteiger partial charge in [0.2, 0.25) is 5.91 Å². The Kier molecular flexibility index (Phi) is 5.23. The lowest BCUT2D eigenvalue weighted by Gasteiger charge is -2.36. The number of aryl methyl sites for hydroxylation is 1. The minimum atomic E-state index is -0.610. The molecule has 4 rings (SSSR count). The molecule has 1 amide bonds. The third kappa shape index (κ3) is 3.57. The third-order valence-electron chi connectivity index (χ3n) is 5.18. The maximum atomic E-state index is 13.4. The van der Waals surface area contributed by atoms with Crippen LogP contribution in [0.5, 0.6) is 0 Å². The summed E-state index contributed by atoms with van der Waals surface area (Å²) in [7, 11) is 1.78. The van der Waals surface area contributed by atoms with Gasteiger partial charge in [-0.3, -0.25) is 4.79 Å². The molecule has 0 saturated carbocycles. The van der Waals surface area contributed by atoms with Gasteiger partial charge in [-0.25, -0.2) is 4.68 Å². The van der Waals surface area contributed by atoms with Crippen LogP contribution in [0.3, 0.4) is 0 Å². The van der Waals surface area contributed by atoms with Crippen LogP contribution in [-0.4, -0.2) is 39.3 Å². The average Bonchev–Trinajstić information content (AvgIpc) is 3.15. The third-order valence-corrected chi connectivity index (χ3v) is 5.71. The topological polar surface area (TPSA) is 81.9 Å². The van der Waals surface area contributed by atoms with E-state index in [1.165, 1.54) is 0 Å². The van der Waals surface area contributed by atoms with Gasteiger partial charge < -0.3 is 10.1 Å². The molecule has 2 aromatic carbocycles. The SMILES string of the molecule is Cn1nnnc1-c1cccc(NC(=O)C2(c3ccc(Br)cc3)CCOCC2)c1. The summed E-state index contributed by atoms with van der Waals surface area (Å²) in [5.74, 6) is 0.621. The number of hydrogen-bond donors (Lipinski definition) is 1. The van der Waals surface area contributed by atoms with Crippen molar-refractivity contribution in [1.29, 1.82) is 0 Å². The van der Waals surface area contributed by atoms with Gasteiger partial charge in [-0.2, -0.15) is 0 Å². The standard InChI is InChI=1S/C20H20BrN5O2/c1-26-18(23-24-25-26)14-3-2-4-17(13-14)22-19(27)20(9-11-28-12-10-20)15-5-7-16(21)8-6-15/h2-8,13H,9-12H2,1H3,(H,22,27). The zero-order chi connectivity index (χ0) is 19.6. The number of amides is 1. The summed E-state index contributed by atoms with van der Waals surface area (Å²) in [5, 5.41) is 14.7. The molecule has 0 radical (unpaired) electrons. The Morgan fingerprint density at radius 2 is 1.93 bits per heavy atom. The van der Waals surface area contributed by atoms with Crippen molar-refractivity contribution >= 4 is 27.5 Å². The predicted octanol–water partition coefficient (Wildman–Crippen LogP) is 3.33. The number of halogens is 1. The fraction of sp³-hybridized carbons (Fsp3) is 0.300. The van der Waals surface area contributed by atoms with E-state index in [0.29, 0.717) is 37.6 Å². The second kappa shape index (κ2) is 7.81. The second-order valence-corrected chi connectivity index (χ2v) is 7.78. The van der Waals surface area contributed by atoms with Crippen molar-refractivity contribution in [3.8, 4) is 11.4 Å². The largest absolute Gasteiger partial charge is 0.381 e. The smallest absolute Gasteiger partial charge is 0.235 e. The summed E-state index contributed by atoms with van der Waals surface area (Å²) in [6.45, 7) is 1.13. The van der Waals surface area contributed by atoms with Gasteiger partial charge in [0.05, 0.1) is 5.41 Å². The van der Waals surface area contributed by atoms with E-state index in [0.717, 1.165) is 15.6 Å². The number of aromatic nitrogens is 4. The molecule has 0 unspecified atom stereocenters. The number of nitrogens with one attached hydrogen (secondary N) is 1. The Labute approximate surface area is 171 Å². The summed E-state index contributed by atoms with van der Waals surface area (Å²) in [4.78, 5) is 13.4. The highest BCUT2D eigenvalue weighted by Gasteiger charge is 2.41. The van der Waals surface area contributed by atoms with Crippen molar-refractivity contribution in [3.05, 3.63) is 58.6 Å². The summed E-state index contributed by atoms with van der Waals surface area (Å²) in [5.41, 5.74) is 1.95. The van der Waals surface area contributed by atoms with Crippen LogP contribution in [0.1, 0.15) is 18.4 Å². The fourth-order valence-electron chi connectivity index (χ4n) is 3.60. The van der Waals surface area contributed by atoms with Gasteiger partial charge in [0.15, 0.2) is 5.82 Å². The van der Waals surface area contributed by atoms with E-state index in [1.807, 2.05) is 48.5 Å². The molecule has 1 aliphatic heterocycles. The number of anilines is 1. The van der Waals surface area contributed by atoms with Crippen molar-refractivity contribution in [1.82, 2.24) is 20.2 Å². The minimum absolute atomic E-state index is 0.0219. The number of benzene rings is 2. The summed E-state index contributed by atoms with van der Waals surface area (Å²) in [6.07, 6.45) is 1.29. The van der Waals surface area contributed by atoms with E-state index < -0.39 is 5.41 Å². The molecule has 1 aliphatic rings. The predicted molar refractivity (Wildman–Crippen MR) is 109 cm³/mol. The number of tetrazole rings is 1. The van der Waals surface area contributed by atoms with Crippen molar-refractivity contribution in [3.63, 3.8) is 0 Å². The highest BCUT2D eigenvalue weighted by Crippen LogP contribution is 2.37. The van der Waals surface area contributed by atoms with Crippen LogP contribution in [-0.2, 0) is 22.0 Å². The average molecular weight is 442 g/mol. The van der Waals surface area contributed by atoms with E-state index in [-0.39, 0.29) is 5.91 Å². The van der Waals surface area contributed by atoms with Gasteiger partial charge in [0.1, 0.15) is 0 Å². The quantitative estimate of drug-likeness (QED) is 0.671. The van der Waals surface area contributed by atoms with Gasteiger partial charge in [-0.15, -0.1) is 5.10 Å². The number of nitrogens with zero attached hydrogens (tertiary/aromatic N) is 4. The lowest BCUT2D eigenvalue weighted by Crippen LogP contribution is -2.44. The number of ether oxygens (including phenoxy) is 1. The first-order valence-corrected chi connectivity index (χ1v) is 9.86. The van der Waals surface area contributed by atoms with E-state index in [2.05, 4.69) is 36.8 Å². The van der Waals surface area contributed by atoms with Crippen molar-refractivity contribution < 1.29 is 9.53 Å². The molecule has 7 nitrogen and oxygen atoms in total. The molecule has 0 aliphatic carbocycles. The minimum Gasteiger partial charge on any atom is -0.381 e. The second-order valence-electron chi connectivity index (χ2n) is 6.86. The van der Waals surface area contributed by atoms with Gasteiger partial charge in [0.25, 0.3) is 0 Å². The number of carbonyl (C=O) groups excluding carboxylic acids is 1. The van der Waals surface area contributed by atoms with Crippen molar-refractivity contribution in [2.75, 3.05) is 18.5 Å². The van der Waals surface area contributed by atoms with Crippen LogP contribution in [0.2, 0.25) is 0 Å². The van der Waals surface area contributed by atoms with Gasteiger partial charge in [0, 0.05) is 36.0 Å². The van der Waals surface area contributed by atoms with Crippen molar-refractivity contribution in [2.24, 2.45) is 7.05 Å². The number of carbonyl (C=O) groups is 1. The first-order chi connectivity index (χ1) is 13.6. The lowest BCUT2D eigenvalue weighted by molar-refractivity contribution is -0.125. The summed E-state index contributed by atoms with van der Waals surface area (Å²) >= 11 is 3.47. The zero-order valence-corrected chi connectivity index (χ0v) is 17.0. The molecule has 3 aromatic rings. The molecule has 1 N–H and O–H groups in total. The number of rotatable bonds is 4. The van der Waals surface area contributed by atoms with E-state index >= 15 is 0 Å². The first-order valence-electron chi connectivity index (χ1n) is 9.06. The molecule has 1 fully saturated rings. The Morgan fingerprint density at radius 1 is 1.18 bits per heavy atom. The van der Waals surface area contributed by atoms with Gasteiger partial charge in [-0.1, -0.05) is 40.2 Å². The molecular formula is C20H20BrN5O2. The van der Waals surface area contributed by atoms with Gasteiger partial charge in [-0.05, 0) is 53.1 Å². The maximum absolute atomic E-state index is 13.4. The van der Waals surface area contributed by atoms with Crippen LogP contribution in [0.15, 0.2) is 53.0 Å². The monoisotopic (exact) mass is 441 g/mol. The summed E-state index contributed by atoms with van der Waals surface area (Å²) < 4.78 is 8.13. The normalized spacial score (nSPS) is 15.9. The van der Waals surface area contributed by atoms with E-state index in [9.17, 15) is 4.79 Å². The van der Waals surface area contributed by atoms with E-state index in [4.69, 9.17) is 4.74 Å². The summed E-state index contributed by atoms with van der Waals surface area (Å²) in [6, 6.07) is 15.5. The molecule has 28 heavy (non-hydrogen) atoms.